The molecule has 30 heavy (non-hydrogen) atoms. The summed E-state index contributed by atoms with van der Waals surface area (Å²) in [5.74, 6) is 0.312. The number of likely N-dealkylation sites (tertiary alicyclic amines) is 1. The van der Waals surface area contributed by atoms with Crippen molar-refractivity contribution in [1.82, 2.24) is 20.4 Å². The first-order chi connectivity index (χ1) is 14.2. The summed E-state index contributed by atoms with van der Waals surface area (Å²) in [6.07, 6.45) is -2.20. The molecule has 1 aromatic carbocycles. The molecule has 0 radical (unpaired) electrons. The molecule has 1 unspecified atom stereocenters. The number of piperidine rings is 1. The lowest BCUT2D eigenvalue weighted by atomic mass is 9.94. The van der Waals surface area contributed by atoms with Gasteiger partial charge in [0.2, 0.25) is 5.67 Å². The molecule has 1 saturated heterocycles. The van der Waals surface area contributed by atoms with Crippen LogP contribution < -0.4 is 10.1 Å². The van der Waals surface area contributed by atoms with E-state index in [0.29, 0.717) is 24.4 Å². The van der Waals surface area contributed by atoms with E-state index in [1.165, 1.54) is 17.0 Å². The highest BCUT2D eigenvalue weighted by Crippen LogP contribution is 2.40. The first-order valence-corrected chi connectivity index (χ1v) is 9.62. The zero-order valence-corrected chi connectivity index (χ0v) is 15.9. The molecule has 1 aliphatic carbocycles. The van der Waals surface area contributed by atoms with Gasteiger partial charge in [0, 0.05) is 19.0 Å². The fourth-order valence-corrected chi connectivity index (χ4v) is 3.38. The van der Waals surface area contributed by atoms with E-state index < -0.39 is 18.1 Å². The zero-order chi connectivity index (χ0) is 21.4. The van der Waals surface area contributed by atoms with Crippen molar-refractivity contribution in [2.45, 2.75) is 50.2 Å². The topological polar surface area (TPSA) is 80.5 Å². The molecule has 1 aromatic heterocycles. The number of carbonyl (C=O) groups excluding carboxylic acids is 1. The molecule has 2 aliphatic rings. The van der Waals surface area contributed by atoms with Crippen molar-refractivity contribution in [1.29, 1.82) is 0 Å². The van der Waals surface area contributed by atoms with E-state index >= 15 is 4.39 Å². The maximum atomic E-state index is 15.4. The van der Waals surface area contributed by atoms with E-state index in [2.05, 4.69) is 20.2 Å². The summed E-state index contributed by atoms with van der Waals surface area (Å²) >= 11 is 0. The van der Waals surface area contributed by atoms with Gasteiger partial charge in [0.1, 0.15) is 5.75 Å². The zero-order valence-electron chi connectivity index (χ0n) is 15.9. The number of ether oxygens (including phenoxy) is 1. The largest absolute Gasteiger partial charge is 0.573 e. The summed E-state index contributed by atoms with van der Waals surface area (Å²) < 4.78 is 61.0. The standard InChI is InChI=1S/C19H20F4N4O3/c20-18(16-25-15(26-30-16)13-4-5-13)8-1-9-27(11-18)17(28)24-10-12-2-6-14(7-3-12)29-19(21,22)23/h2-3,6-7,13H,1,4-5,8-11H2,(H,24,28). The summed E-state index contributed by atoms with van der Waals surface area (Å²) in [4.78, 5) is 18.0. The summed E-state index contributed by atoms with van der Waals surface area (Å²) in [5.41, 5.74) is -1.32. The molecule has 1 atom stereocenters. The molecule has 11 heteroatoms. The number of halogens is 4. The molecule has 0 spiro atoms. The van der Waals surface area contributed by atoms with Gasteiger partial charge < -0.3 is 19.5 Å². The van der Waals surface area contributed by atoms with Crippen LogP contribution in [0.2, 0.25) is 0 Å². The van der Waals surface area contributed by atoms with Crippen LogP contribution in [0.1, 0.15) is 48.9 Å². The van der Waals surface area contributed by atoms with Gasteiger partial charge in [0.05, 0.1) is 6.54 Å². The Balaban J connectivity index is 1.33. The van der Waals surface area contributed by atoms with Gasteiger partial charge in [-0.2, -0.15) is 4.98 Å². The number of nitrogens with zero attached hydrogens (tertiary/aromatic N) is 3. The lowest BCUT2D eigenvalue weighted by molar-refractivity contribution is -0.274. The van der Waals surface area contributed by atoms with Crippen LogP contribution >= 0.6 is 0 Å². The average Bonchev–Trinajstić information content (AvgIpc) is 3.42. The summed E-state index contributed by atoms with van der Waals surface area (Å²) in [6.45, 7) is 0.246. The van der Waals surface area contributed by atoms with Gasteiger partial charge in [-0.15, -0.1) is 13.2 Å². The Bertz CT molecular complexity index is 898. The Morgan fingerprint density at radius 3 is 2.70 bits per heavy atom. The lowest BCUT2D eigenvalue weighted by Crippen LogP contribution is -2.50. The van der Waals surface area contributed by atoms with Gasteiger partial charge in [-0.25, -0.2) is 9.18 Å². The predicted octanol–water partition coefficient (Wildman–Crippen LogP) is 4.02. The number of alkyl halides is 4. The molecule has 0 bridgehead atoms. The summed E-state index contributed by atoms with van der Waals surface area (Å²) in [5, 5.41) is 6.50. The average molecular weight is 428 g/mol. The fourth-order valence-electron chi connectivity index (χ4n) is 3.38. The third kappa shape index (κ3) is 4.82. The van der Waals surface area contributed by atoms with Crippen molar-refractivity contribution in [3.05, 3.63) is 41.5 Å². The van der Waals surface area contributed by atoms with Crippen LogP contribution in [0.5, 0.6) is 5.75 Å². The highest BCUT2D eigenvalue weighted by molar-refractivity contribution is 5.74. The fraction of sp³-hybridized carbons (Fsp3) is 0.526. The highest BCUT2D eigenvalue weighted by Gasteiger charge is 2.44. The normalized spacial score (nSPS) is 22.1. The van der Waals surface area contributed by atoms with Gasteiger partial charge in [-0.3, -0.25) is 0 Å². The summed E-state index contributed by atoms with van der Waals surface area (Å²) in [7, 11) is 0. The van der Waals surface area contributed by atoms with Gasteiger partial charge >= 0.3 is 12.4 Å². The number of amides is 2. The second-order valence-corrected chi connectivity index (χ2v) is 7.57. The van der Waals surface area contributed by atoms with Crippen LogP contribution in [0.25, 0.3) is 0 Å². The van der Waals surface area contributed by atoms with Crippen molar-refractivity contribution in [3.8, 4) is 5.75 Å². The number of hydrogen-bond acceptors (Lipinski definition) is 5. The number of rotatable bonds is 5. The Labute approximate surface area is 169 Å². The van der Waals surface area contributed by atoms with E-state index in [1.807, 2.05) is 0 Å². The van der Waals surface area contributed by atoms with Crippen molar-refractivity contribution in [2.24, 2.45) is 0 Å². The maximum Gasteiger partial charge on any atom is 0.573 e. The third-order valence-corrected chi connectivity index (χ3v) is 5.10. The quantitative estimate of drug-likeness (QED) is 0.728. The molecule has 2 heterocycles. The molecule has 2 amide bonds. The first kappa shape index (κ1) is 20.4. The molecule has 2 aromatic rings. The maximum absolute atomic E-state index is 15.4. The molecular weight excluding hydrogens is 408 g/mol. The van der Waals surface area contributed by atoms with E-state index in [9.17, 15) is 18.0 Å². The van der Waals surface area contributed by atoms with Crippen LogP contribution in [0.15, 0.2) is 28.8 Å². The minimum atomic E-state index is -4.76. The SMILES string of the molecule is O=C(NCc1ccc(OC(F)(F)F)cc1)N1CCCC(F)(c2nc(C3CC3)no2)C1. The Hall–Kier alpha value is -2.85. The van der Waals surface area contributed by atoms with E-state index in [4.69, 9.17) is 4.52 Å². The van der Waals surface area contributed by atoms with Crippen LogP contribution in [-0.4, -0.2) is 40.5 Å². The molecular formula is C19H20F4N4O3. The number of hydrogen-bond donors (Lipinski definition) is 1. The molecule has 1 N–H and O–H groups in total. The Kier molecular flexibility index (Phi) is 5.29. The van der Waals surface area contributed by atoms with Crippen LogP contribution in [-0.2, 0) is 12.2 Å². The van der Waals surface area contributed by atoms with Crippen molar-refractivity contribution in [2.75, 3.05) is 13.1 Å². The molecule has 7 nitrogen and oxygen atoms in total. The molecule has 1 aliphatic heterocycles. The van der Waals surface area contributed by atoms with Crippen molar-refractivity contribution in [3.63, 3.8) is 0 Å². The summed E-state index contributed by atoms with van der Waals surface area (Å²) in [6, 6.07) is 4.67. The van der Waals surface area contributed by atoms with Gasteiger partial charge in [-0.05, 0) is 43.4 Å². The molecule has 2 fully saturated rings. The third-order valence-electron chi connectivity index (χ3n) is 5.10. The van der Waals surface area contributed by atoms with Crippen LogP contribution in [0.3, 0.4) is 0 Å². The molecule has 4 rings (SSSR count). The minimum Gasteiger partial charge on any atom is -0.406 e. The highest BCUT2D eigenvalue weighted by atomic mass is 19.4. The monoisotopic (exact) mass is 428 g/mol. The Morgan fingerprint density at radius 2 is 2.03 bits per heavy atom. The first-order valence-electron chi connectivity index (χ1n) is 9.62. The predicted molar refractivity (Wildman–Crippen MR) is 95.2 cm³/mol. The Morgan fingerprint density at radius 1 is 1.30 bits per heavy atom. The van der Waals surface area contributed by atoms with Gasteiger partial charge in [0.25, 0.3) is 5.89 Å². The van der Waals surface area contributed by atoms with Gasteiger partial charge in [0.15, 0.2) is 5.82 Å². The van der Waals surface area contributed by atoms with E-state index in [1.54, 1.807) is 0 Å². The minimum absolute atomic E-state index is 0.0767. The number of carbonyl (C=O) groups is 1. The van der Waals surface area contributed by atoms with Gasteiger partial charge in [-0.1, -0.05) is 17.3 Å². The van der Waals surface area contributed by atoms with E-state index in [0.717, 1.165) is 25.0 Å². The molecule has 162 valence electrons. The smallest absolute Gasteiger partial charge is 0.406 e. The second kappa shape index (κ2) is 7.77. The van der Waals surface area contributed by atoms with Crippen LogP contribution in [0, 0.1) is 0 Å². The lowest BCUT2D eigenvalue weighted by Gasteiger charge is -2.35. The van der Waals surface area contributed by atoms with Crippen molar-refractivity contribution < 1.29 is 31.6 Å². The van der Waals surface area contributed by atoms with Crippen LogP contribution in [0.4, 0.5) is 22.4 Å². The van der Waals surface area contributed by atoms with Crippen molar-refractivity contribution >= 4 is 6.03 Å². The number of benzene rings is 1. The number of urea groups is 1. The molecule has 1 saturated carbocycles. The van der Waals surface area contributed by atoms with E-state index in [-0.39, 0.29) is 37.1 Å². The second-order valence-electron chi connectivity index (χ2n) is 7.57. The number of nitrogens with one attached hydrogen (secondary N) is 1. The number of aromatic nitrogens is 2.